The number of nitrogens with two attached hydrogens (primary N) is 1. The normalized spacial score (nSPS) is 12.1. The highest BCUT2D eigenvalue weighted by atomic mass is 16.3. The molecule has 1 atom stereocenters. The summed E-state index contributed by atoms with van der Waals surface area (Å²) in [5, 5.41) is 15.2. The first-order valence-electron chi connectivity index (χ1n) is 4.31. The van der Waals surface area contributed by atoms with Crippen LogP contribution in [0.2, 0.25) is 0 Å². The van der Waals surface area contributed by atoms with Crippen LogP contribution in [0.1, 0.15) is 0 Å². The van der Waals surface area contributed by atoms with Gasteiger partial charge in [0.25, 0.3) is 0 Å². The van der Waals surface area contributed by atoms with Crippen molar-refractivity contribution in [1.29, 1.82) is 0 Å². The number of aromatic nitrogens is 2. The van der Waals surface area contributed by atoms with Gasteiger partial charge in [0.05, 0.1) is 6.54 Å². The average molecular weight is 212 g/mol. The Morgan fingerprint density at radius 3 is 2.87 bits per heavy atom. The molecule has 0 aliphatic rings. The Morgan fingerprint density at radius 2 is 2.33 bits per heavy atom. The first-order chi connectivity index (χ1) is 7.09. The molecular formula is C8H12N4O3. The molecule has 0 bridgehead atoms. The lowest BCUT2D eigenvalue weighted by Crippen LogP contribution is -2.41. The van der Waals surface area contributed by atoms with Crippen molar-refractivity contribution in [3.8, 4) is 0 Å². The zero-order valence-electron chi connectivity index (χ0n) is 7.96. The number of primary amides is 1. The summed E-state index contributed by atoms with van der Waals surface area (Å²) in [6, 6.07) is 1.69. The lowest BCUT2D eigenvalue weighted by atomic mass is 10.3. The second-order valence-corrected chi connectivity index (χ2v) is 2.93. The van der Waals surface area contributed by atoms with E-state index in [1.54, 1.807) is 18.5 Å². The fourth-order valence-corrected chi connectivity index (χ4v) is 0.908. The molecule has 1 unspecified atom stereocenters. The fraction of sp³-hybridized carbons (Fsp3) is 0.375. The predicted molar refractivity (Wildman–Crippen MR) is 50.4 cm³/mol. The minimum absolute atomic E-state index is 0.0402. The third-order valence-corrected chi connectivity index (χ3v) is 1.69. The lowest BCUT2D eigenvalue weighted by molar-refractivity contribution is -0.127. The van der Waals surface area contributed by atoms with Crippen molar-refractivity contribution in [2.75, 3.05) is 6.54 Å². The van der Waals surface area contributed by atoms with E-state index >= 15 is 0 Å². The summed E-state index contributed by atoms with van der Waals surface area (Å²) >= 11 is 0. The fourth-order valence-electron chi connectivity index (χ4n) is 0.908. The van der Waals surface area contributed by atoms with Crippen molar-refractivity contribution in [3.05, 3.63) is 18.5 Å². The molecule has 15 heavy (non-hydrogen) atoms. The van der Waals surface area contributed by atoms with Crippen LogP contribution in [0.15, 0.2) is 18.5 Å². The maximum atomic E-state index is 11.2. The minimum atomic E-state index is -1.36. The average Bonchev–Trinajstić information content (AvgIpc) is 2.66. The Morgan fingerprint density at radius 1 is 1.60 bits per heavy atom. The van der Waals surface area contributed by atoms with Crippen molar-refractivity contribution >= 4 is 11.8 Å². The van der Waals surface area contributed by atoms with Crippen LogP contribution in [0.5, 0.6) is 0 Å². The lowest BCUT2D eigenvalue weighted by Gasteiger charge is -2.08. The molecule has 7 nitrogen and oxygen atoms in total. The van der Waals surface area contributed by atoms with E-state index in [1.165, 1.54) is 4.68 Å². The number of aliphatic hydroxyl groups is 1. The Kier molecular flexibility index (Phi) is 3.81. The van der Waals surface area contributed by atoms with Gasteiger partial charge in [0, 0.05) is 12.4 Å². The van der Waals surface area contributed by atoms with E-state index in [0.717, 1.165) is 0 Å². The molecule has 0 spiro atoms. The van der Waals surface area contributed by atoms with Gasteiger partial charge >= 0.3 is 0 Å². The van der Waals surface area contributed by atoms with Crippen molar-refractivity contribution in [2.45, 2.75) is 12.6 Å². The molecule has 1 aromatic heterocycles. The Hall–Kier alpha value is -1.89. The highest BCUT2D eigenvalue weighted by Gasteiger charge is 2.12. The second-order valence-electron chi connectivity index (χ2n) is 2.93. The molecule has 0 saturated carbocycles. The summed E-state index contributed by atoms with van der Waals surface area (Å²) in [5.74, 6) is -1.21. The maximum absolute atomic E-state index is 11.2. The maximum Gasteiger partial charge on any atom is 0.248 e. The molecule has 7 heteroatoms. The van der Waals surface area contributed by atoms with Crippen LogP contribution in [-0.2, 0) is 16.1 Å². The number of carbonyl (C=O) groups excluding carboxylic acids is 2. The molecule has 0 aliphatic carbocycles. The van der Waals surface area contributed by atoms with Gasteiger partial charge in [0.1, 0.15) is 12.6 Å². The number of hydrogen-bond donors (Lipinski definition) is 3. The van der Waals surface area contributed by atoms with Gasteiger partial charge in [-0.2, -0.15) is 5.10 Å². The monoisotopic (exact) mass is 212 g/mol. The highest BCUT2D eigenvalue weighted by Crippen LogP contribution is 1.84. The van der Waals surface area contributed by atoms with Crippen molar-refractivity contribution in [3.63, 3.8) is 0 Å². The smallest absolute Gasteiger partial charge is 0.248 e. The summed E-state index contributed by atoms with van der Waals surface area (Å²) in [7, 11) is 0. The van der Waals surface area contributed by atoms with Crippen LogP contribution in [-0.4, -0.2) is 39.4 Å². The molecule has 4 N–H and O–H groups in total. The molecule has 1 heterocycles. The van der Waals surface area contributed by atoms with Crippen LogP contribution in [0, 0.1) is 0 Å². The number of nitrogens with one attached hydrogen (secondary N) is 1. The Labute approximate surface area is 85.9 Å². The number of rotatable bonds is 5. The molecule has 1 rings (SSSR count). The van der Waals surface area contributed by atoms with Gasteiger partial charge in [-0.1, -0.05) is 0 Å². The van der Waals surface area contributed by atoms with Crippen LogP contribution >= 0.6 is 0 Å². The van der Waals surface area contributed by atoms with Crippen molar-refractivity contribution < 1.29 is 14.7 Å². The zero-order valence-corrected chi connectivity index (χ0v) is 7.96. The molecule has 82 valence electrons. The third-order valence-electron chi connectivity index (χ3n) is 1.69. The number of carbonyl (C=O) groups is 2. The van der Waals surface area contributed by atoms with Gasteiger partial charge in [0.2, 0.25) is 11.8 Å². The number of aliphatic hydroxyl groups excluding tert-OH is 1. The summed E-state index contributed by atoms with van der Waals surface area (Å²) in [5.41, 5.74) is 4.80. The predicted octanol–water partition coefficient (Wildman–Crippen LogP) is -2.15. The quantitative estimate of drug-likeness (QED) is 0.516. The number of nitrogens with zero attached hydrogens (tertiary/aromatic N) is 2. The second kappa shape index (κ2) is 5.11. The summed E-state index contributed by atoms with van der Waals surface area (Å²) < 4.78 is 1.42. The molecule has 1 aromatic rings. The van der Waals surface area contributed by atoms with E-state index in [1.807, 2.05) is 0 Å². The van der Waals surface area contributed by atoms with Gasteiger partial charge in [-0.15, -0.1) is 0 Å². The summed E-state index contributed by atoms with van der Waals surface area (Å²) in [4.78, 5) is 21.6. The Bertz CT molecular complexity index is 336. The van der Waals surface area contributed by atoms with Gasteiger partial charge < -0.3 is 16.2 Å². The van der Waals surface area contributed by atoms with E-state index in [2.05, 4.69) is 10.4 Å². The van der Waals surface area contributed by atoms with Crippen LogP contribution in [0.25, 0.3) is 0 Å². The van der Waals surface area contributed by atoms with E-state index in [-0.39, 0.29) is 19.0 Å². The number of hydrogen-bond acceptors (Lipinski definition) is 4. The molecule has 0 radical (unpaired) electrons. The topological polar surface area (TPSA) is 110 Å². The standard InChI is InChI=1S/C8H12N4O3/c9-8(15)6(13)4-10-7(14)5-12-3-1-2-11-12/h1-3,6,13H,4-5H2,(H2,9,15)(H,10,14). The molecule has 0 aliphatic heterocycles. The van der Waals surface area contributed by atoms with E-state index < -0.39 is 12.0 Å². The molecule has 0 fully saturated rings. The van der Waals surface area contributed by atoms with Crippen LogP contribution < -0.4 is 11.1 Å². The van der Waals surface area contributed by atoms with Gasteiger partial charge in [-0.05, 0) is 6.07 Å². The van der Waals surface area contributed by atoms with E-state index in [4.69, 9.17) is 10.8 Å². The zero-order chi connectivity index (χ0) is 11.3. The SMILES string of the molecule is NC(=O)C(O)CNC(=O)Cn1cccn1. The van der Waals surface area contributed by atoms with Gasteiger partial charge in [-0.3, -0.25) is 14.3 Å². The summed E-state index contributed by atoms with van der Waals surface area (Å²) in [6.45, 7) is -0.145. The number of amides is 2. The van der Waals surface area contributed by atoms with Gasteiger partial charge in [0.15, 0.2) is 0 Å². The molecule has 0 saturated heterocycles. The molecule has 2 amide bonds. The molecule has 0 aromatic carbocycles. The van der Waals surface area contributed by atoms with E-state index in [0.29, 0.717) is 0 Å². The Balaban J connectivity index is 2.28. The van der Waals surface area contributed by atoms with Crippen molar-refractivity contribution in [2.24, 2.45) is 5.73 Å². The first kappa shape index (κ1) is 11.2. The van der Waals surface area contributed by atoms with Gasteiger partial charge in [-0.25, -0.2) is 0 Å². The minimum Gasteiger partial charge on any atom is -0.381 e. The van der Waals surface area contributed by atoms with Crippen LogP contribution in [0.4, 0.5) is 0 Å². The molecular weight excluding hydrogens is 200 g/mol. The largest absolute Gasteiger partial charge is 0.381 e. The first-order valence-corrected chi connectivity index (χ1v) is 4.31. The van der Waals surface area contributed by atoms with E-state index in [9.17, 15) is 9.59 Å². The third kappa shape index (κ3) is 3.77. The van der Waals surface area contributed by atoms with Crippen LogP contribution in [0.3, 0.4) is 0 Å². The highest BCUT2D eigenvalue weighted by molar-refractivity contribution is 5.80. The van der Waals surface area contributed by atoms with Crippen molar-refractivity contribution in [1.82, 2.24) is 15.1 Å². The summed E-state index contributed by atoms with van der Waals surface area (Å²) in [6.07, 6.45) is 1.82.